The Morgan fingerprint density at radius 1 is 1.21 bits per heavy atom. The van der Waals surface area contributed by atoms with E-state index in [1.165, 1.54) is 19.3 Å². The molecule has 0 radical (unpaired) electrons. The predicted octanol–water partition coefficient (Wildman–Crippen LogP) is 1.92. The van der Waals surface area contributed by atoms with Gasteiger partial charge in [-0.25, -0.2) is 0 Å². The number of ether oxygens (including phenoxy) is 2. The summed E-state index contributed by atoms with van der Waals surface area (Å²) in [5.74, 6) is 1.54. The van der Waals surface area contributed by atoms with Gasteiger partial charge in [0.1, 0.15) is 6.61 Å². The zero-order valence-corrected chi connectivity index (χ0v) is 11.5. The Hall–Kier alpha value is -1.26. The van der Waals surface area contributed by atoms with Gasteiger partial charge in [-0.3, -0.25) is 4.90 Å². The van der Waals surface area contributed by atoms with Crippen LogP contribution in [0, 0.1) is 0 Å². The van der Waals surface area contributed by atoms with Crippen molar-refractivity contribution in [1.82, 2.24) is 4.90 Å². The number of hydrogen-bond acceptors (Lipinski definition) is 4. The molecule has 1 fully saturated rings. The van der Waals surface area contributed by atoms with Crippen LogP contribution >= 0.6 is 0 Å². The molecule has 0 amide bonds. The molecule has 4 nitrogen and oxygen atoms in total. The molecule has 1 aliphatic carbocycles. The predicted molar refractivity (Wildman–Crippen MR) is 74.8 cm³/mol. The van der Waals surface area contributed by atoms with Crippen LogP contribution in [0.2, 0.25) is 0 Å². The molecule has 2 rings (SSSR count). The third-order valence-electron chi connectivity index (χ3n) is 3.68. The number of nitrogens with zero attached hydrogens (tertiary/aromatic N) is 1. The van der Waals surface area contributed by atoms with E-state index in [1.807, 2.05) is 24.3 Å². The lowest BCUT2D eigenvalue weighted by atomic mass is 9.91. The summed E-state index contributed by atoms with van der Waals surface area (Å²) in [6.45, 7) is 2.42. The highest BCUT2D eigenvalue weighted by Crippen LogP contribution is 2.27. The average Bonchev–Trinajstić information content (AvgIpc) is 2.37. The van der Waals surface area contributed by atoms with Crippen molar-refractivity contribution in [2.75, 3.05) is 33.4 Å². The van der Waals surface area contributed by atoms with E-state index >= 15 is 0 Å². The standard InChI is InChI=1S/C15H23NO3/c1-18-14-7-2-3-8-15(14)19-12-10-16(9-11-17)13-5-4-6-13/h2-3,7-8,13,17H,4-6,9-12H2,1H3. The van der Waals surface area contributed by atoms with Crippen molar-refractivity contribution in [2.45, 2.75) is 25.3 Å². The molecule has 1 aliphatic rings. The molecule has 0 aliphatic heterocycles. The van der Waals surface area contributed by atoms with Gasteiger partial charge >= 0.3 is 0 Å². The number of hydrogen-bond donors (Lipinski definition) is 1. The zero-order valence-electron chi connectivity index (χ0n) is 11.5. The van der Waals surface area contributed by atoms with Gasteiger partial charge in [-0.1, -0.05) is 18.6 Å². The van der Waals surface area contributed by atoms with E-state index in [2.05, 4.69) is 4.90 Å². The molecule has 0 bridgehead atoms. The van der Waals surface area contributed by atoms with Gasteiger partial charge < -0.3 is 14.6 Å². The SMILES string of the molecule is COc1ccccc1OCCN(CCO)C1CCC1. The van der Waals surface area contributed by atoms with Crippen LogP contribution in [0.5, 0.6) is 11.5 Å². The largest absolute Gasteiger partial charge is 0.493 e. The third-order valence-corrected chi connectivity index (χ3v) is 3.68. The van der Waals surface area contributed by atoms with Gasteiger partial charge in [-0.05, 0) is 25.0 Å². The van der Waals surface area contributed by atoms with E-state index in [-0.39, 0.29) is 6.61 Å². The van der Waals surface area contributed by atoms with Gasteiger partial charge in [0.05, 0.1) is 13.7 Å². The Kier molecular flexibility index (Phi) is 5.48. The number of para-hydroxylation sites is 2. The van der Waals surface area contributed by atoms with E-state index in [4.69, 9.17) is 14.6 Å². The first kappa shape index (κ1) is 14.2. The van der Waals surface area contributed by atoms with Gasteiger partial charge in [-0.15, -0.1) is 0 Å². The minimum absolute atomic E-state index is 0.213. The van der Waals surface area contributed by atoms with Crippen LogP contribution in [0.25, 0.3) is 0 Å². The second-order valence-electron chi connectivity index (χ2n) is 4.84. The van der Waals surface area contributed by atoms with Crippen LogP contribution in [0.15, 0.2) is 24.3 Å². The molecule has 0 saturated heterocycles. The topological polar surface area (TPSA) is 41.9 Å². The van der Waals surface area contributed by atoms with Crippen molar-refractivity contribution in [1.29, 1.82) is 0 Å². The van der Waals surface area contributed by atoms with Crippen molar-refractivity contribution >= 4 is 0 Å². The Labute approximate surface area is 114 Å². The van der Waals surface area contributed by atoms with Crippen molar-refractivity contribution in [3.63, 3.8) is 0 Å². The maximum absolute atomic E-state index is 9.10. The maximum atomic E-state index is 9.10. The van der Waals surface area contributed by atoms with Crippen molar-refractivity contribution in [2.24, 2.45) is 0 Å². The molecule has 1 saturated carbocycles. The summed E-state index contributed by atoms with van der Waals surface area (Å²) in [7, 11) is 1.65. The lowest BCUT2D eigenvalue weighted by Gasteiger charge is -2.37. The third kappa shape index (κ3) is 3.85. The quantitative estimate of drug-likeness (QED) is 0.780. The van der Waals surface area contributed by atoms with Crippen molar-refractivity contribution in [3.8, 4) is 11.5 Å². The minimum Gasteiger partial charge on any atom is -0.493 e. The molecule has 0 spiro atoms. The van der Waals surface area contributed by atoms with Gasteiger partial charge in [0, 0.05) is 19.1 Å². The van der Waals surface area contributed by atoms with Gasteiger partial charge in [0.2, 0.25) is 0 Å². The van der Waals surface area contributed by atoms with Crippen molar-refractivity contribution in [3.05, 3.63) is 24.3 Å². The minimum atomic E-state index is 0.213. The molecule has 0 atom stereocenters. The summed E-state index contributed by atoms with van der Waals surface area (Å²) in [4.78, 5) is 2.32. The Balaban J connectivity index is 1.80. The summed E-state index contributed by atoms with van der Waals surface area (Å²) in [5, 5.41) is 9.10. The van der Waals surface area contributed by atoms with Gasteiger partial charge in [0.15, 0.2) is 11.5 Å². The van der Waals surface area contributed by atoms with Gasteiger partial charge in [0.25, 0.3) is 0 Å². The second kappa shape index (κ2) is 7.36. The number of benzene rings is 1. The van der Waals surface area contributed by atoms with E-state index in [0.29, 0.717) is 12.6 Å². The number of rotatable bonds is 8. The van der Waals surface area contributed by atoms with Crippen molar-refractivity contribution < 1.29 is 14.6 Å². The molecule has 0 unspecified atom stereocenters. The maximum Gasteiger partial charge on any atom is 0.161 e. The fraction of sp³-hybridized carbons (Fsp3) is 0.600. The van der Waals surface area contributed by atoms with Crippen LogP contribution in [0.4, 0.5) is 0 Å². The number of aliphatic hydroxyl groups excluding tert-OH is 1. The number of methoxy groups -OCH3 is 1. The molecule has 1 N–H and O–H groups in total. The zero-order chi connectivity index (χ0) is 13.5. The fourth-order valence-electron chi connectivity index (χ4n) is 2.37. The van der Waals surface area contributed by atoms with E-state index in [1.54, 1.807) is 7.11 Å². The van der Waals surface area contributed by atoms with Crippen LogP contribution in [0.3, 0.4) is 0 Å². The van der Waals surface area contributed by atoms with E-state index in [9.17, 15) is 0 Å². The van der Waals surface area contributed by atoms with Crippen LogP contribution in [-0.2, 0) is 0 Å². The Morgan fingerprint density at radius 2 is 1.95 bits per heavy atom. The Bertz CT molecular complexity index is 379. The molecule has 0 heterocycles. The lowest BCUT2D eigenvalue weighted by molar-refractivity contribution is 0.0855. The first-order valence-electron chi connectivity index (χ1n) is 6.96. The fourth-order valence-corrected chi connectivity index (χ4v) is 2.37. The molecule has 1 aromatic carbocycles. The summed E-state index contributed by atoms with van der Waals surface area (Å²) in [6.07, 6.45) is 3.79. The van der Waals surface area contributed by atoms with Crippen LogP contribution in [0.1, 0.15) is 19.3 Å². The summed E-state index contributed by atoms with van der Waals surface area (Å²) in [5.41, 5.74) is 0. The first-order valence-corrected chi connectivity index (χ1v) is 6.96. The molecule has 106 valence electrons. The van der Waals surface area contributed by atoms with E-state index < -0.39 is 0 Å². The molecule has 0 aromatic heterocycles. The summed E-state index contributed by atoms with van der Waals surface area (Å²) < 4.78 is 11.0. The first-order chi connectivity index (χ1) is 9.35. The monoisotopic (exact) mass is 265 g/mol. The summed E-state index contributed by atoms with van der Waals surface area (Å²) >= 11 is 0. The smallest absolute Gasteiger partial charge is 0.161 e. The van der Waals surface area contributed by atoms with Crippen LogP contribution < -0.4 is 9.47 Å². The highest BCUT2D eigenvalue weighted by molar-refractivity contribution is 5.39. The lowest BCUT2D eigenvalue weighted by Crippen LogP contribution is -2.43. The molecule has 4 heteroatoms. The van der Waals surface area contributed by atoms with E-state index in [0.717, 1.165) is 24.6 Å². The average molecular weight is 265 g/mol. The molecule has 19 heavy (non-hydrogen) atoms. The van der Waals surface area contributed by atoms with Gasteiger partial charge in [-0.2, -0.15) is 0 Å². The highest BCUT2D eigenvalue weighted by Gasteiger charge is 2.24. The molecular formula is C15H23NO3. The molecular weight excluding hydrogens is 242 g/mol. The normalized spacial score (nSPS) is 15.3. The number of aliphatic hydroxyl groups is 1. The van der Waals surface area contributed by atoms with Crippen LogP contribution in [-0.4, -0.2) is 49.5 Å². The second-order valence-corrected chi connectivity index (χ2v) is 4.84. The molecule has 1 aromatic rings. The Morgan fingerprint density at radius 3 is 2.53 bits per heavy atom. The summed E-state index contributed by atoms with van der Waals surface area (Å²) in [6, 6.07) is 8.31. The highest BCUT2D eigenvalue weighted by atomic mass is 16.5.